The first kappa shape index (κ1) is 18.6. The van der Waals surface area contributed by atoms with Crippen molar-refractivity contribution in [1.82, 2.24) is 0 Å². The molecule has 0 saturated heterocycles. The number of anilines is 2. The number of halogens is 1. The van der Waals surface area contributed by atoms with Crippen LogP contribution in [0.2, 0.25) is 0 Å². The molecule has 0 atom stereocenters. The Morgan fingerprint density at radius 2 is 1.48 bits per heavy atom. The Balaban J connectivity index is 1.81. The molecule has 1 heterocycles. The van der Waals surface area contributed by atoms with Gasteiger partial charge >= 0.3 is 0 Å². The Hall–Kier alpha value is -3.73. The van der Waals surface area contributed by atoms with Crippen LogP contribution in [0.15, 0.2) is 78.5 Å². The van der Waals surface area contributed by atoms with Gasteiger partial charge in [0.25, 0.3) is 11.8 Å². The zero-order valence-corrected chi connectivity index (χ0v) is 16.1. The number of carbonyl (C=O) groups is 2. The van der Waals surface area contributed by atoms with E-state index in [-0.39, 0.29) is 17.1 Å². The number of hydrogen-bond acceptors (Lipinski definition) is 3. The van der Waals surface area contributed by atoms with E-state index < -0.39 is 11.8 Å². The number of nitrogens with zero attached hydrogens (tertiary/aromatic N) is 1. The van der Waals surface area contributed by atoms with Gasteiger partial charge in [0, 0.05) is 5.69 Å². The van der Waals surface area contributed by atoms with Crippen molar-refractivity contribution >= 4 is 28.8 Å². The lowest BCUT2D eigenvalue weighted by atomic mass is 10.0. The van der Waals surface area contributed by atoms with Gasteiger partial charge in [-0.1, -0.05) is 36.4 Å². The van der Waals surface area contributed by atoms with Gasteiger partial charge in [0.1, 0.15) is 11.5 Å². The molecule has 29 heavy (non-hydrogen) atoms. The first-order valence-electron chi connectivity index (χ1n) is 9.24. The first-order valence-corrected chi connectivity index (χ1v) is 9.24. The summed E-state index contributed by atoms with van der Waals surface area (Å²) >= 11 is 0. The molecule has 3 aromatic rings. The molecule has 0 radical (unpaired) electrons. The molecule has 0 unspecified atom stereocenters. The van der Waals surface area contributed by atoms with Crippen LogP contribution in [0.1, 0.15) is 16.7 Å². The van der Waals surface area contributed by atoms with Crippen LogP contribution in [0.25, 0.3) is 5.57 Å². The lowest BCUT2D eigenvalue weighted by molar-refractivity contribution is -0.120. The van der Waals surface area contributed by atoms with E-state index in [1.807, 2.05) is 44.2 Å². The van der Waals surface area contributed by atoms with E-state index in [1.54, 1.807) is 18.2 Å². The molecule has 3 aromatic carbocycles. The average Bonchev–Trinajstić information content (AvgIpc) is 2.96. The molecule has 0 bridgehead atoms. The normalized spacial score (nSPS) is 14.0. The molecule has 1 aliphatic rings. The van der Waals surface area contributed by atoms with E-state index in [4.69, 9.17) is 0 Å². The largest absolute Gasteiger partial charge is 0.350 e. The van der Waals surface area contributed by atoms with Gasteiger partial charge in [0.15, 0.2) is 0 Å². The Morgan fingerprint density at radius 1 is 0.793 bits per heavy atom. The number of aryl methyl sites for hydroxylation is 2. The summed E-state index contributed by atoms with van der Waals surface area (Å²) in [5.74, 6) is -1.21. The first-order chi connectivity index (χ1) is 14.0. The van der Waals surface area contributed by atoms with Gasteiger partial charge in [0.2, 0.25) is 0 Å². The third kappa shape index (κ3) is 3.43. The SMILES string of the molecule is Cc1ccc(N2C(=O)C(Nc3ccc(F)cc3)=C(c3ccccc3)C2=O)cc1C. The minimum atomic E-state index is -0.443. The van der Waals surface area contributed by atoms with Crippen molar-refractivity contribution in [3.05, 3.63) is 101 Å². The van der Waals surface area contributed by atoms with Crippen LogP contribution < -0.4 is 10.2 Å². The van der Waals surface area contributed by atoms with Crippen LogP contribution >= 0.6 is 0 Å². The van der Waals surface area contributed by atoms with E-state index in [9.17, 15) is 14.0 Å². The average molecular weight is 386 g/mol. The fraction of sp³-hybridized carbons (Fsp3) is 0.0833. The summed E-state index contributed by atoms with van der Waals surface area (Å²) in [6, 6.07) is 20.2. The van der Waals surface area contributed by atoms with Crippen molar-refractivity contribution in [3.63, 3.8) is 0 Å². The summed E-state index contributed by atoms with van der Waals surface area (Å²) in [7, 11) is 0. The lowest BCUT2D eigenvalue weighted by Crippen LogP contribution is -2.32. The van der Waals surface area contributed by atoms with Crippen LogP contribution in [0.4, 0.5) is 15.8 Å². The van der Waals surface area contributed by atoms with Gasteiger partial charge in [-0.05, 0) is 66.9 Å². The fourth-order valence-corrected chi connectivity index (χ4v) is 3.30. The molecular weight excluding hydrogens is 367 g/mol. The molecule has 5 heteroatoms. The minimum absolute atomic E-state index is 0.172. The Bertz CT molecular complexity index is 1140. The topological polar surface area (TPSA) is 49.4 Å². The second-order valence-corrected chi connectivity index (χ2v) is 6.96. The van der Waals surface area contributed by atoms with Crippen molar-refractivity contribution in [3.8, 4) is 0 Å². The number of benzene rings is 3. The quantitative estimate of drug-likeness (QED) is 0.653. The summed E-state index contributed by atoms with van der Waals surface area (Å²) in [5.41, 5.74) is 4.22. The van der Waals surface area contributed by atoms with Crippen LogP contribution in [0.3, 0.4) is 0 Å². The number of nitrogens with one attached hydrogen (secondary N) is 1. The predicted octanol–water partition coefficient (Wildman–Crippen LogP) is 4.84. The molecular formula is C24H19FN2O2. The van der Waals surface area contributed by atoms with E-state index in [0.717, 1.165) is 11.1 Å². The van der Waals surface area contributed by atoms with Crippen LogP contribution in [0, 0.1) is 19.7 Å². The van der Waals surface area contributed by atoms with E-state index in [2.05, 4.69) is 5.32 Å². The zero-order valence-electron chi connectivity index (χ0n) is 16.1. The number of hydrogen-bond donors (Lipinski definition) is 1. The van der Waals surface area contributed by atoms with E-state index >= 15 is 0 Å². The third-order valence-electron chi connectivity index (χ3n) is 5.01. The Morgan fingerprint density at radius 3 is 2.14 bits per heavy atom. The Kier molecular flexibility index (Phi) is 4.72. The number of amides is 2. The fourth-order valence-electron chi connectivity index (χ4n) is 3.30. The molecule has 4 rings (SSSR count). The highest BCUT2D eigenvalue weighted by atomic mass is 19.1. The second-order valence-electron chi connectivity index (χ2n) is 6.96. The summed E-state index contributed by atoms with van der Waals surface area (Å²) in [6.45, 7) is 3.91. The third-order valence-corrected chi connectivity index (χ3v) is 5.01. The molecule has 0 aliphatic carbocycles. The van der Waals surface area contributed by atoms with Crippen LogP contribution in [-0.2, 0) is 9.59 Å². The molecule has 0 aromatic heterocycles. The second kappa shape index (κ2) is 7.36. The van der Waals surface area contributed by atoms with Gasteiger partial charge in [-0.3, -0.25) is 9.59 Å². The van der Waals surface area contributed by atoms with Gasteiger partial charge in [-0.2, -0.15) is 0 Å². The predicted molar refractivity (Wildman–Crippen MR) is 112 cm³/mol. The van der Waals surface area contributed by atoms with Crippen molar-refractivity contribution in [2.24, 2.45) is 0 Å². The van der Waals surface area contributed by atoms with E-state index in [1.165, 1.54) is 29.2 Å². The van der Waals surface area contributed by atoms with Gasteiger partial charge < -0.3 is 5.32 Å². The van der Waals surface area contributed by atoms with Crippen LogP contribution in [0.5, 0.6) is 0 Å². The Labute approximate surface area is 168 Å². The highest BCUT2D eigenvalue weighted by molar-refractivity contribution is 6.46. The summed E-state index contributed by atoms with van der Waals surface area (Å²) in [6.07, 6.45) is 0. The maximum Gasteiger partial charge on any atom is 0.282 e. The van der Waals surface area contributed by atoms with Crippen LogP contribution in [-0.4, -0.2) is 11.8 Å². The minimum Gasteiger partial charge on any atom is -0.350 e. The van der Waals surface area contributed by atoms with Crippen molar-refractivity contribution in [1.29, 1.82) is 0 Å². The molecule has 1 N–H and O–H groups in total. The lowest BCUT2D eigenvalue weighted by Gasteiger charge is -2.17. The summed E-state index contributed by atoms with van der Waals surface area (Å²) < 4.78 is 13.3. The highest BCUT2D eigenvalue weighted by Gasteiger charge is 2.40. The molecule has 2 amide bonds. The van der Waals surface area contributed by atoms with Gasteiger partial charge in [0.05, 0.1) is 11.3 Å². The molecule has 1 aliphatic heterocycles. The molecule has 4 nitrogen and oxygen atoms in total. The summed E-state index contributed by atoms with van der Waals surface area (Å²) in [5, 5.41) is 3.02. The monoisotopic (exact) mass is 386 g/mol. The molecule has 0 fully saturated rings. The number of rotatable bonds is 4. The number of carbonyl (C=O) groups excluding carboxylic acids is 2. The molecule has 144 valence electrons. The van der Waals surface area contributed by atoms with Crippen molar-refractivity contribution in [2.45, 2.75) is 13.8 Å². The number of imide groups is 1. The maximum atomic E-state index is 13.3. The van der Waals surface area contributed by atoms with E-state index in [0.29, 0.717) is 16.9 Å². The van der Waals surface area contributed by atoms with Crippen molar-refractivity contribution < 1.29 is 14.0 Å². The van der Waals surface area contributed by atoms with Crippen molar-refractivity contribution in [2.75, 3.05) is 10.2 Å². The maximum absolute atomic E-state index is 13.3. The zero-order chi connectivity index (χ0) is 20.5. The molecule has 0 spiro atoms. The summed E-state index contributed by atoms with van der Waals surface area (Å²) in [4.78, 5) is 27.8. The van der Waals surface area contributed by atoms with Gasteiger partial charge in [-0.15, -0.1) is 0 Å². The van der Waals surface area contributed by atoms with Gasteiger partial charge in [-0.25, -0.2) is 9.29 Å². The standard InChI is InChI=1S/C24H19FN2O2/c1-15-8-13-20(14-16(15)2)27-23(28)21(17-6-4-3-5-7-17)22(24(27)29)26-19-11-9-18(25)10-12-19/h3-14,26H,1-2H3. The smallest absolute Gasteiger partial charge is 0.282 e. The molecule has 0 saturated carbocycles. The highest BCUT2D eigenvalue weighted by Crippen LogP contribution is 2.34.